The molecule has 2 aromatic rings. The number of carbonyl (C=O) groups excluding carboxylic acids is 1. The van der Waals surface area contributed by atoms with E-state index in [1.165, 1.54) is 23.9 Å². The molecule has 2 aliphatic heterocycles. The maximum absolute atomic E-state index is 13.2. The van der Waals surface area contributed by atoms with Gasteiger partial charge in [-0.1, -0.05) is 47.6 Å². The summed E-state index contributed by atoms with van der Waals surface area (Å²) in [6.45, 7) is 0.372. The van der Waals surface area contributed by atoms with Gasteiger partial charge in [0.05, 0.1) is 24.0 Å². The van der Waals surface area contributed by atoms with E-state index >= 15 is 0 Å². The van der Waals surface area contributed by atoms with E-state index in [1.54, 1.807) is 36.4 Å². The number of carbonyl (C=O) groups is 1. The van der Waals surface area contributed by atoms with Gasteiger partial charge in [0, 0.05) is 16.8 Å². The minimum atomic E-state index is -3.12. The van der Waals surface area contributed by atoms with Crippen molar-refractivity contribution in [3.63, 3.8) is 0 Å². The molecule has 0 radical (unpaired) electrons. The Labute approximate surface area is 177 Å². The average Bonchev–Trinajstić information content (AvgIpc) is 3.11. The Morgan fingerprint density at radius 1 is 1.10 bits per heavy atom. The van der Waals surface area contributed by atoms with Crippen LogP contribution in [0.1, 0.15) is 11.1 Å². The molecular formula is C20H18ClFN2O3S2. The van der Waals surface area contributed by atoms with E-state index < -0.39 is 9.84 Å². The standard InChI is InChI=1S/C20H18ClFN2O3S2/c21-15-5-1-13(2-6-15)9-19(25)23-20-24(10-14-3-7-16(22)8-4-14)17-11-29(26,27)12-18(17)28-20/h1-8,17-18H,9-12H2. The van der Waals surface area contributed by atoms with Crippen LogP contribution >= 0.6 is 23.4 Å². The molecule has 0 N–H and O–H groups in total. The van der Waals surface area contributed by atoms with Gasteiger partial charge in [0.2, 0.25) is 0 Å². The summed E-state index contributed by atoms with van der Waals surface area (Å²) < 4.78 is 37.4. The Morgan fingerprint density at radius 2 is 1.76 bits per heavy atom. The summed E-state index contributed by atoms with van der Waals surface area (Å²) >= 11 is 7.21. The molecule has 2 fully saturated rings. The van der Waals surface area contributed by atoms with E-state index in [-0.39, 0.29) is 40.9 Å². The first-order valence-electron chi connectivity index (χ1n) is 9.03. The molecule has 2 aliphatic rings. The molecule has 9 heteroatoms. The second kappa shape index (κ2) is 8.08. The van der Waals surface area contributed by atoms with E-state index in [2.05, 4.69) is 4.99 Å². The van der Waals surface area contributed by atoms with Crippen molar-refractivity contribution in [3.05, 3.63) is 70.5 Å². The predicted octanol–water partition coefficient (Wildman–Crippen LogP) is 3.32. The first kappa shape index (κ1) is 20.4. The first-order valence-corrected chi connectivity index (χ1v) is 12.1. The normalized spacial score (nSPS) is 24.1. The Bertz CT molecular complexity index is 1060. The molecule has 2 heterocycles. The van der Waals surface area contributed by atoms with Crippen LogP contribution in [-0.4, -0.2) is 47.2 Å². The number of rotatable bonds is 4. The van der Waals surface area contributed by atoms with Gasteiger partial charge in [-0.25, -0.2) is 12.8 Å². The minimum absolute atomic E-state index is 0.0380. The molecule has 2 aromatic carbocycles. The molecule has 5 nitrogen and oxygen atoms in total. The molecule has 0 bridgehead atoms. The summed E-state index contributed by atoms with van der Waals surface area (Å²) in [6.07, 6.45) is 0.138. The second-order valence-electron chi connectivity index (χ2n) is 7.15. The SMILES string of the molecule is O=C(Cc1ccc(Cl)cc1)N=C1SC2CS(=O)(=O)CC2N1Cc1ccc(F)cc1. The lowest BCUT2D eigenvalue weighted by atomic mass is 10.1. The van der Waals surface area contributed by atoms with Gasteiger partial charge in [-0.15, -0.1) is 0 Å². The molecule has 2 atom stereocenters. The average molecular weight is 453 g/mol. The molecule has 1 amide bonds. The van der Waals surface area contributed by atoms with Crippen LogP contribution in [0.25, 0.3) is 0 Å². The number of amides is 1. The third-order valence-electron chi connectivity index (χ3n) is 4.93. The van der Waals surface area contributed by atoms with Crippen LogP contribution in [0.5, 0.6) is 0 Å². The number of hydrogen-bond donors (Lipinski definition) is 0. The van der Waals surface area contributed by atoms with Gasteiger partial charge in [-0.3, -0.25) is 4.79 Å². The summed E-state index contributed by atoms with van der Waals surface area (Å²) in [5, 5.41) is 0.971. The number of sulfone groups is 1. The highest BCUT2D eigenvalue weighted by Crippen LogP contribution is 2.39. The molecule has 2 saturated heterocycles. The fraction of sp³-hybridized carbons (Fsp3) is 0.300. The molecular weight excluding hydrogens is 435 g/mol. The van der Waals surface area contributed by atoms with E-state index in [1.807, 2.05) is 4.90 Å². The number of aliphatic imine (C=N–C) groups is 1. The fourth-order valence-corrected chi connectivity index (χ4v) is 7.62. The zero-order valence-electron chi connectivity index (χ0n) is 15.3. The highest BCUT2D eigenvalue weighted by atomic mass is 35.5. The lowest BCUT2D eigenvalue weighted by Gasteiger charge is -2.24. The third-order valence-corrected chi connectivity index (χ3v) is 8.43. The Hall–Kier alpha value is -1.90. The van der Waals surface area contributed by atoms with Crippen LogP contribution < -0.4 is 0 Å². The Kier molecular flexibility index (Phi) is 5.68. The highest BCUT2D eigenvalue weighted by molar-refractivity contribution is 8.15. The number of benzene rings is 2. The molecule has 2 unspecified atom stereocenters. The molecule has 0 saturated carbocycles. The summed E-state index contributed by atoms with van der Waals surface area (Å²) in [4.78, 5) is 18.7. The van der Waals surface area contributed by atoms with Gasteiger partial charge in [-0.2, -0.15) is 4.99 Å². The summed E-state index contributed by atoms with van der Waals surface area (Å²) in [6, 6.07) is 12.8. The van der Waals surface area contributed by atoms with Crippen LogP contribution in [0.3, 0.4) is 0 Å². The number of fused-ring (bicyclic) bond motifs is 1. The fourth-order valence-electron chi connectivity index (χ4n) is 3.53. The van der Waals surface area contributed by atoms with Crippen molar-refractivity contribution < 1.29 is 17.6 Å². The first-order chi connectivity index (χ1) is 13.8. The zero-order valence-corrected chi connectivity index (χ0v) is 17.7. The Balaban J connectivity index is 1.56. The number of amidine groups is 1. The topological polar surface area (TPSA) is 66.8 Å². The Morgan fingerprint density at radius 3 is 2.45 bits per heavy atom. The van der Waals surface area contributed by atoms with E-state index in [4.69, 9.17) is 11.6 Å². The van der Waals surface area contributed by atoms with Gasteiger partial charge in [0.25, 0.3) is 5.91 Å². The van der Waals surface area contributed by atoms with Crippen LogP contribution in [0.15, 0.2) is 53.5 Å². The second-order valence-corrected chi connectivity index (χ2v) is 10.9. The van der Waals surface area contributed by atoms with Gasteiger partial charge in [0.15, 0.2) is 15.0 Å². The summed E-state index contributed by atoms with van der Waals surface area (Å²) in [5.41, 5.74) is 1.63. The van der Waals surface area contributed by atoms with Crippen molar-refractivity contribution in [2.75, 3.05) is 11.5 Å². The smallest absolute Gasteiger partial charge is 0.252 e. The van der Waals surface area contributed by atoms with Crippen LogP contribution in [0.2, 0.25) is 5.02 Å². The maximum Gasteiger partial charge on any atom is 0.252 e. The van der Waals surface area contributed by atoms with E-state index in [9.17, 15) is 17.6 Å². The molecule has 4 rings (SSSR count). The predicted molar refractivity (Wildman–Crippen MR) is 113 cm³/mol. The molecule has 0 aliphatic carbocycles. The maximum atomic E-state index is 13.2. The quantitative estimate of drug-likeness (QED) is 0.712. The van der Waals surface area contributed by atoms with E-state index in [0.717, 1.165) is 11.1 Å². The van der Waals surface area contributed by atoms with Crippen molar-refractivity contribution >= 4 is 44.3 Å². The summed E-state index contributed by atoms with van der Waals surface area (Å²) in [5.74, 6) is -0.525. The van der Waals surface area contributed by atoms with Gasteiger partial charge < -0.3 is 4.90 Å². The summed E-state index contributed by atoms with van der Waals surface area (Å²) in [7, 11) is -3.12. The number of nitrogens with zero attached hydrogens (tertiary/aromatic N) is 2. The van der Waals surface area contributed by atoms with Gasteiger partial charge in [0.1, 0.15) is 5.82 Å². The van der Waals surface area contributed by atoms with Crippen LogP contribution in [-0.2, 0) is 27.6 Å². The largest absolute Gasteiger partial charge is 0.342 e. The monoisotopic (exact) mass is 452 g/mol. The minimum Gasteiger partial charge on any atom is -0.342 e. The van der Waals surface area contributed by atoms with Crippen molar-refractivity contribution in [2.24, 2.45) is 4.99 Å². The number of thioether (sulfide) groups is 1. The molecule has 0 spiro atoms. The zero-order chi connectivity index (χ0) is 20.6. The van der Waals surface area contributed by atoms with Gasteiger partial charge >= 0.3 is 0 Å². The molecule has 152 valence electrons. The molecule has 29 heavy (non-hydrogen) atoms. The molecule has 0 aromatic heterocycles. The van der Waals surface area contributed by atoms with Crippen molar-refractivity contribution in [1.29, 1.82) is 0 Å². The van der Waals surface area contributed by atoms with Crippen LogP contribution in [0.4, 0.5) is 4.39 Å². The third kappa shape index (κ3) is 4.82. The van der Waals surface area contributed by atoms with Crippen molar-refractivity contribution in [1.82, 2.24) is 4.90 Å². The van der Waals surface area contributed by atoms with Crippen LogP contribution in [0, 0.1) is 5.82 Å². The highest BCUT2D eigenvalue weighted by Gasteiger charge is 2.48. The van der Waals surface area contributed by atoms with Crippen molar-refractivity contribution in [2.45, 2.75) is 24.3 Å². The van der Waals surface area contributed by atoms with E-state index in [0.29, 0.717) is 16.7 Å². The van der Waals surface area contributed by atoms with Gasteiger partial charge in [-0.05, 0) is 35.4 Å². The lowest BCUT2D eigenvalue weighted by molar-refractivity contribution is -0.117. The number of halogens is 2. The number of hydrogen-bond acceptors (Lipinski definition) is 4. The lowest BCUT2D eigenvalue weighted by Crippen LogP contribution is -2.37. The van der Waals surface area contributed by atoms with Crippen molar-refractivity contribution in [3.8, 4) is 0 Å².